The van der Waals surface area contributed by atoms with Gasteiger partial charge in [-0.05, 0) is 49.1 Å². The molecule has 0 spiro atoms. The van der Waals surface area contributed by atoms with Crippen LogP contribution in [0.1, 0.15) is 16.7 Å². The zero-order chi connectivity index (χ0) is 19.3. The number of phenolic OH excluding ortho intramolecular Hbond substituents is 1. The van der Waals surface area contributed by atoms with Crippen molar-refractivity contribution in [2.45, 2.75) is 25.8 Å². The van der Waals surface area contributed by atoms with Crippen LogP contribution in [-0.2, 0) is 12.8 Å². The summed E-state index contributed by atoms with van der Waals surface area (Å²) in [6, 6.07) is 8.98. The number of fused-ring (bicyclic) bond motifs is 2. The molecule has 7 heteroatoms. The first-order valence-electron chi connectivity index (χ1n) is 9.10. The number of nitrogens with zero attached hydrogens (tertiary/aromatic N) is 4. The summed E-state index contributed by atoms with van der Waals surface area (Å²) in [5.74, 6) is 0.679. The van der Waals surface area contributed by atoms with E-state index < -0.39 is 5.82 Å². The number of phenols is 1. The van der Waals surface area contributed by atoms with Gasteiger partial charge >= 0.3 is 0 Å². The van der Waals surface area contributed by atoms with Crippen LogP contribution >= 0.6 is 0 Å². The second-order valence-electron chi connectivity index (χ2n) is 7.18. The first kappa shape index (κ1) is 16.7. The summed E-state index contributed by atoms with van der Waals surface area (Å²) >= 11 is 0. The molecule has 0 aliphatic heterocycles. The summed E-state index contributed by atoms with van der Waals surface area (Å²) in [6.45, 7) is 1.95. The number of halogens is 1. The van der Waals surface area contributed by atoms with Crippen LogP contribution < -0.4 is 5.32 Å². The molecule has 0 radical (unpaired) electrons. The Morgan fingerprint density at radius 2 is 1.96 bits per heavy atom. The molecule has 0 amide bonds. The van der Waals surface area contributed by atoms with Crippen molar-refractivity contribution >= 4 is 11.5 Å². The summed E-state index contributed by atoms with van der Waals surface area (Å²) in [5, 5.41) is 17.7. The zero-order valence-electron chi connectivity index (χ0n) is 15.2. The van der Waals surface area contributed by atoms with Crippen molar-refractivity contribution in [3.05, 3.63) is 71.4 Å². The van der Waals surface area contributed by atoms with Crippen LogP contribution in [0, 0.1) is 12.7 Å². The van der Waals surface area contributed by atoms with Crippen LogP contribution in [0.3, 0.4) is 0 Å². The molecule has 1 atom stereocenters. The van der Waals surface area contributed by atoms with Gasteiger partial charge < -0.3 is 10.4 Å². The smallest absolute Gasteiger partial charge is 0.160 e. The van der Waals surface area contributed by atoms with Gasteiger partial charge in [0.1, 0.15) is 17.4 Å². The largest absolute Gasteiger partial charge is 0.508 e. The van der Waals surface area contributed by atoms with Crippen molar-refractivity contribution in [2.75, 3.05) is 5.32 Å². The lowest BCUT2D eigenvalue weighted by molar-refractivity contribution is 0.474. The Labute approximate surface area is 160 Å². The van der Waals surface area contributed by atoms with Gasteiger partial charge in [-0.3, -0.25) is 4.98 Å². The molecular weight excluding hydrogens is 357 g/mol. The number of benzene rings is 1. The highest BCUT2D eigenvalue weighted by atomic mass is 19.1. The van der Waals surface area contributed by atoms with Gasteiger partial charge in [0.25, 0.3) is 0 Å². The van der Waals surface area contributed by atoms with Crippen molar-refractivity contribution in [2.24, 2.45) is 0 Å². The summed E-state index contributed by atoms with van der Waals surface area (Å²) < 4.78 is 15.4. The van der Waals surface area contributed by atoms with E-state index in [9.17, 15) is 9.50 Å². The predicted octanol–water partition coefficient (Wildman–Crippen LogP) is 3.52. The van der Waals surface area contributed by atoms with Crippen molar-refractivity contribution in [3.8, 4) is 17.0 Å². The molecule has 0 saturated carbocycles. The Hall–Kier alpha value is -3.48. The number of nitrogens with one attached hydrogen (secondary N) is 1. The van der Waals surface area contributed by atoms with Gasteiger partial charge in [0, 0.05) is 29.4 Å². The number of hydrogen-bond donors (Lipinski definition) is 2. The molecule has 0 fully saturated rings. The average molecular weight is 375 g/mol. The minimum Gasteiger partial charge on any atom is -0.508 e. The van der Waals surface area contributed by atoms with Crippen LogP contribution in [0.15, 0.2) is 48.9 Å². The lowest BCUT2D eigenvalue weighted by Gasteiger charge is -2.16. The predicted molar refractivity (Wildman–Crippen MR) is 104 cm³/mol. The fourth-order valence-electron chi connectivity index (χ4n) is 3.79. The SMILES string of the molecule is Cc1cnn2c(NC3Cc4ccc(O)cc4C3)cc(-c3cncc(F)c3)nc12. The molecule has 0 bridgehead atoms. The third kappa shape index (κ3) is 2.85. The quantitative estimate of drug-likeness (QED) is 0.573. The topological polar surface area (TPSA) is 75.3 Å². The first-order chi connectivity index (χ1) is 13.6. The highest BCUT2D eigenvalue weighted by Gasteiger charge is 2.23. The van der Waals surface area contributed by atoms with E-state index >= 15 is 0 Å². The number of aryl methyl sites for hydroxylation is 1. The maximum Gasteiger partial charge on any atom is 0.160 e. The highest BCUT2D eigenvalue weighted by molar-refractivity contribution is 5.67. The number of hydrogen-bond acceptors (Lipinski definition) is 5. The van der Waals surface area contributed by atoms with Crippen molar-refractivity contribution in [1.29, 1.82) is 0 Å². The van der Waals surface area contributed by atoms with Crippen LogP contribution in [0.2, 0.25) is 0 Å². The molecule has 140 valence electrons. The summed E-state index contributed by atoms with van der Waals surface area (Å²) in [5.41, 5.74) is 5.29. The van der Waals surface area contributed by atoms with E-state index in [1.807, 2.05) is 25.1 Å². The van der Waals surface area contributed by atoms with Crippen molar-refractivity contribution < 1.29 is 9.50 Å². The van der Waals surface area contributed by atoms with Gasteiger partial charge in [0.05, 0.1) is 18.1 Å². The maximum atomic E-state index is 13.7. The lowest BCUT2D eigenvalue weighted by Crippen LogP contribution is -2.21. The summed E-state index contributed by atoms with van der Waals surface area (Å²) in [6.07, 6.45) is 6.21. The van der Waals surface area contributed by atoms with Gasteiger partial charge in [-0.1, -0.05) is 6.07 Å². The van der Waals surface area contributed by atoms with E-state index in [4.69, 9.17) is 0 Å². The lowest BCUT2D eigenvalue weighted by atomic mass is 10.1. The van der Waals surface area contributed by atoms with Gasteiger partial charge in [-0.2, -0.15) is 9.61 Å². The molecular formula is C21H18FN5O. The van der Waals surface area contributed by atoms with Gasteiger partial charge in [-0.15, -0.1) is 0 Å². The second kappa shape index (κ2) is 6.30. The molecule has 4 aromatic rings. The van der Waals surface area contributed by atoms with Gasteiger partial charge in [0.2, 0.25) is 0 Å². The molecule has 6 nitrogen and oxygen atoms in total. The van der Waals surface area contributed by atoms with Crippen LogP contribution in [0.25, 0.3) is 16.9 Å². The van der Waals surface area contributed by atoms with E-state index in [1.54, 1.807) is 23.0 Å². The van der Waals surface area contributed by atoms with Crippen molar-refractivity contribution in [3.63, 3.8) is 0 Å². The Morgan fingerprint density at radius 3 is 2.82 bits per heavy atom. The summed E-state index contributed by atoms with van der Waals surface area (Å²) in [4.78, 5) is 8.59. The number of rotatable bonds is 3. The molecule has 1 unspecified atom stereocenters. The number of aromatic hydroxyl groups is 1. The standard InChI is InChI=1S/C21H18FN5O/c1-12-9-24-27-20(25-17-5-13-2-3-18(28)7-14(13)6-17)8-19(26-21(12)27)15-4-16(22)11-23-10-15/h2-4,7-11,17,25,28H,5-6H2,1H3. The normalized spacial score (nSPS) is 15.7. The fourth-order valence-corrected chi connectivity index (χ4v) is 3.79. The maximum absolute atomic E-state index is 13.7. The zero-order valence-corrected chi connectivity index (χ0v) is 15.2. The average Bonchev–Trinajstić information content (AvgIpc) is 3.24. The second-order valence-corrected chi connectivity index (χ2v) is 7.18. The minimum absolute atomic E-state index is 0.172. The molecule has 1 aliphatic rings. The molecule has 1 aromatic carbocycles. The minimum atomic E-state index is -0.398. The monoisotopic (exact) mass is 375 g/mol. The Bertz CT molecular complexity index is 1200. The Balaban J connectivity index is 1.54. The molecule has 3 heterocycles. The number of aromatic nitrogens is 4. The molecule has 2 N–H and O–H groups in total. The van der Waals surface area contributed by atoms with E-state index in [1.165, 1.54) is 17.8 Å². The van der Waals surface area contributed by atoms with E-state index in [2.05, 4.69) is 20.4 Å². The van der Waals surface area contributed by atoms with Crippen LogP contribution in [-0.4, -0.2) is 30.7 Å². The molecule has 5 rings (SSSR count). The van der Waals surface area contributed by atoms with E-state index in [0.29, 0.717) is 11.3 Å². The fraction of sp³-hybridized carbons (Fsp3) is 0.190. The molecule has 3 aromatic heterocycles. The van der Waals surface area contributed by atoms with Crippen LogP contribution in [0.4, 0.5) is 10.2 Å². The Morgan fingerprint density at radius 1 is 1.11 bits per heavy atom. The number of pyridine rings is 1. The third-order valence-electron chi connectivity index (χ3n) is 5.12. The van der Waals surface area contributed by atoms with E-state index in [0.717, 1.165) is 35.4 Å². The molecule has 0 saturated heterocycles. The highest BCUT2D eigenvalue weighted by Crippen LogP contribution is 2.29. The number of anilines is 1. The van der Waals surface area contributed by atoms with E-state index in [-0.39, 0.29) is 11.8 Å². The summed E-state index contributed by atoms with van der Waals surface area (Å²) in [7, 11) is 0. The van der Waals surface area contributed by atoms with Gasteiger partial charge in [0.15, 0.2) is 5.65 Å². The molecule has 28 heavy (non-hydrogen) atoms. The van der Waals surface area contributed by atoms with Crippen LogP contribution in [0.5, 0.6) is 5.75 Å². The Kier molecular flexibility index (Phi) is 3.75. The van der Waals surface area contributed by atoms with Gasteiger partial charge in [-0.25, -0.2) is 9.37 Å². The molecule has 1 aliphatic carbocycles. The first-order valence-corrected chi connectivity index (χ1v) is 9.10. The van der Waals surface area contributed by atoms with Crippen molar-refractivity contribution in [1.82, 2.24) is 19.6 Å². The third-order valence-corrected chi connectivity index (χ3v) is 5.12.